The number of carbonyl (C=O) groups excluding carboxylic acids is 1. The van der Waals surface area contributed by atoms with Crippen LogP contribution in [-0.2, 0) is 9.59 Å². The first-order valence-electron chi connectivity index (χ1n) is 7.20. The number of hydrogen-bond donors (Lipinski definition) is 2. The molecule has 1 amide bonds. The van der Waals surface area contributed by atoms with E-state index >= 15 is 0 Å². The van der Waals surface area contributed by atoms with E-state index < -0.39 is 11.9 Å². The van der Waals surface area contributed by atoms with Crippen LogP contribution in [0.5, 0.6) is 0 Å². The Bertz CT molecular complexity index is 625. The Morgan fingerprint density at radius 3 is 2.09 bits per heavy atom. The van der Waals surface area contributed by atoms with Crippen molar-refractivity contribution in [3.05, 3.63) is 66.2 Å². The summed E-state index contributed by atoms with van der Waals surface area (Å²) >= 11 is 0. The minimum atomic E-state index is -0.959. The van der Waals surface area contributed by atoms with Crippen molar-refractivity contribution in [2.75, 3.05) is 5.32 Å². The zero-order chi connectivity index (χ0) is 15.9. The number of amides is 1. The summed E-state index contributed by atoms with van der Waals surface area (Å²) in [7, 11) is 0. The molecule has 2 rings (SSSR count). The Labute approximate surface area is 129 Å². The van der Waals surface area contributed by atoms with Crippen molar-refractivity contribution in [1.29, 1.82) is 0 Å². The van der Waals surface area contributed by atoms with Crippen LogP contribution >= 0.6 is 0 Å². The smallest absolute Gasteiger partial charge is 0.307 e. The van der Waals surface area contributed by atoms with Crippen LogP contribution in [0.15, 0.2) is 60.7 Å². The molecule has 0 aliphatic heterocycles. The van der Waals surface area contributed by atoms with Gasteiger partial charge in [-0.2, -0.15) is 0 Å². The van der Waals surface area contributed by atoms with Crippen LogP contribution < -0.4 is 5.32 Å². The molecule has 2 atom stereocenters. The van der Waals surface area contributed by atoms with Crippen molar-refractivity contribution < 1.29 is 14.7 Å². The molecule has 0 aliphatic rings. The Morgan fingerprint density at radius 2 is 1.55 bits per heavy atom. The summed E-state index contributed by atoms with van der Waals surface area (Å²) in [6.45, 7) is 1.84. The Hall–Kier alpha value is -2.62. The van der Waals surface area contributed by atoms with E-state index in [0.29, 0.717) is 5.69 Å². The fourth-order valence-corrected chi connectivity index (χ4v) is 2.40. The molecule has 0 heterocycles. The number of hydrogen-bond acceptors (Lipinski definition) is 2. The van der Waals surface area contributed by atoms with Crippen LogP contribution in [0.2, 0.25) is 0 Å². The fraction of sp³-hybridized carbons (Fsp3) is 0.222. The lowest BCUT2D eigenvalue weighted by Gasteiger charge is -2.20. The van der Waals surface area contributed by atoms with Crippen LogP contribution in [0.1, 0.15) is 24.8 Å². The second-order valence-corrected chi connectivity index (χ2v) is 5.26. The van der Waals surface area contributed by atoms with E-state index in [1.54, 1.807) is 12.1 Å². The van der Waals surface area contributed by atoms with Gasteiger partial charge in [-0.1, -0.05) is 55.5 Å². The maximum absolute atomic E-state index is 12.1. The predicted octanol–water partition coefficient (Wildman–Crippen LogP) is 3.52. The summed E-state index contributed by atoms with van der Waals surface area (Å²) in [4.78, 5) is 23.6. The third-order valence-corrected chi connectivity index (χ3v) is 3.71. The van der Waals surface area contributed by atoms with Gasteiger partial charge in [0.15, 0.2) is 0 Å². The average Bonchev–Trinajstić information content (AvgIpc) is 2.53. The molecular formula is C18H19NO3. The SMILES string of the molecule is C[C@H](c1ccccc1)[C@@H](CC(=O)Nc1ccccc1)C(=O)O. The molecule has 0 spiro atoms. The van der Waals surface area contributed by atoms with Gasteiger partial charge in [-0.15, -0.1) is 0 Å². The number of para-hydroxylation sites is 1. The highest BCUT2D eigenvalue weighted by molar-refractivity contribution is 5.93. The van der Waals surface area contributed by atoms with E-state index in [9.17, 15) is 14.7 Å². The van der Waals surface area contributed by atoms with Crippen LogP contribution in [0, 0.1) is 5.92 Å². The maximum Gasteiger partial charge on any atom is 0.307 e. The van der Waals surface area contributed by atoms with Crippen LogP contribution in [0.4, 0.5) is 5.69 Å². The lowest BCUT2D eigenvalue weighted by atomic mass is 9.85. The molecule has 114 valence electrons. The van der Waals surface area contributed by atoms with Crippen molar-refractivity contribution in [1.82, 2.24) is 0 Å². The van der Waals surface area contributed by atoms with Gasteiger partial charge in [0, 0.05) is 12.1 Å². The molecule has 0 saturated carbocycles. The van der Waals surface area contributed by atoms with Gasteiger partial charge in [-0.25, -0.2) is 0 Å². The van der Waals surface area contributed by atoms with E-state index in [2.05, 4.69) is 5.32 Å². The Balaban J connectivity index is 2.06. The van der Waals surface area contributed by atoms with Crippen LogP contribution in [0.3, 0.4) is 0 Å². The molecule has 4 nitrogen and oxygen atoms in total. The van der Waals surface area contributed by atoms with Gasteiger partial charge < -0.3 is 10.4 Å². The van der Waals surface area contributed by atoms with E-state index in [0.717, 1.165) is 5.56 Å². The van der Waals surface area contributed by atoms with Crippen molar-refractivity contribution in [2.45, 2.75) is 19.3 Å². The number of rotatable bonds is 6. The monoisotopic (exact) mass is 297 g/mol. The summed E-state index contributed by atoms with van der Waals surface area (Å²) in [5.41, 5.74) is 1.59. The molecular weight excluding hydrogens is 278 g/mol. The second-order valence-electron chi connectivity index (χ2n) is 5.26. The number of carbonyl (C=O) groups is 2. The predicted molar refractivity (Wildman–Crippen MR) is 85.7 cm³/mol. The highest BCUT2D eigenvalue weighted by atomic mass is 16.4. The number of carboxylic acids is 1. The van der Waals surface area contributed by atoms with Gasteiger partial charge in [0.25, 0.3) is 0 Å². The lowest BCUT2D eigenvalue weighted by Crippen LogP contribution is -2.26. The Kier molecular flexibility index (Phi) is 5.31. The van der Waals surface area contributed by atoms with Crippen LogP contribution in [0.25, 0.3) is 0 Å². The van der Waals surface area contributed by atoms with E-state index in [1.165, 1.54) is 0 Å². The van der Waals surface area contributed by atoms with E-state index in [4.69, 9.17) is 0 Å². The number of aliphatic carboxylic acids is 1. The molecule has 4 heteroatoms. The van der Waals surface area contributed by atoms with Crippen molar-refractivity contribution >= 4 is 17.6 Å². The van der Waals surface area contributed by atoms with Gasteiger partial charge in [0.1, 0.15) is 0 Å². The van der Waals surface area contributed by atoms with Gasteiger partial charge in [-0.3, -0.25) is 9.59 Å². The molecule has 0 unspecified atom stereocenters. The second kappa shape index (κ2) is 7.41. The third kappa shape index (κ3) is 4.19. The molecule has 0 bridgehead atoms. The molecule has 2 aromatic carbocycles. The normalized spacial score (nSPS) is 13.1. The summed E-state index contributed by atoms with van der Waals surface area (Å²) in [6.07, 6.45) is -0.0553. The van der Waals surface area contributed by atoms with Gasteiger partial charge in [0.05, 0.1) is 5.92 Å². The minimum Gasteiger partial charge on any atom is -0.481 e. The van der Waals surface area contributed by atoms with Gasteiger partial charge in [0.2, 0.25) is 5.91 Å². The summed E-state index contributed by atoms with van der Waals surface area (Å²) < 4.78 is 0. The molecule has 0 fully saturated rings. The number of carboxylic acid groups (broad SMARTS) is 1. The molecule has 0 saturated heterocycles. The lowest BCUT2D eigenvalue weighted by molar-refractivity contribution is -0.144. The molecule has 0 aromatic heterocycles. The van der Waals surface area contributed by atoms with E-state index in [1.807, 2.05) is 55.5 Å². The third-order valence-electron chi connectivity index (χ3n) is 3.71. The quantitative estimate of drug-likeness (QED) is 0.857. The zero-order valence-electron chi connectivity index (χ0n) is 12.4. The molecule has 0 radical (unpaired) electrons. The van der Waals surface area contributed by atoms with Crippen molar-refractivity contribution in [3.63, 3.8) is 0 Å². The average molecular weight is 297 g/mol. The maximum atomic E-state index is 12.1. The zero-order valence-corrected chi connectivity index (χ0v) is 12.4. The summed E-state index contributed by atoms with van der Waals surface area (Å²) in [6, 6.07) is 18.4. The largest absolute Gasteiger partial charge is 0.481 e. The van der Waals surface area contributed by atoms with Crippen LogP contribution in [-0.4, -0.2) is 17.0 Å². The molecule has 0 aliphatic carbocycles. The standard InChI is InChI=1S/C18H19NO3/c1-13(14-8-4-2-5-9-14)16(18(21)22)12-17(20)19-15-10-6-3-7-11-15/h2-11,13,16H,12H2,1H3,(H,19,20)(H,21,22)/t13-,16-/m1/s1. The summed E-state index contributed by atoms with van der Waals surface area (Å²) in [5.74, 6) is -2.24. The number of anilines is 1. The molecule has 2 aromatic rings. The van der Waals surface area contributed by atoms with Gasteiger partial charge in [-0.05, 0) is 23.6 Å². The molecule has 22 heavy (non-hydrogen) atoms. The highest BCUT2D eigenvalue weighted by Crippen LogP contribution is 2.27. The Morgan fingerprint density at radius 1 is 1.00 bits per heavy atom. The molecule has 2 N–H and O–H groups in total. The van der Waals surface area contributed by atoms with Crippen molar-refractivity contribution in [2.24, 2.45) is 5.92 Å². The first kappa shape index (κ1) is 15.8. The minimum absolute atomic E-state index is 0.0553. The van der Waals surface area contributed by atoms with Crippen molar-refractivity contribution in [3.8, 4) is 0 Å². The first-order valence-corrected chi connectivity index (χ1v) is 7.20. The van der Waals surface area contributed by atoms with Gasteiger partial charge >= 0.3 is 5.97 Å². The van der Waals surface area contributed by atoms with E-state index in [-0.39, 0.29) is 18.2 Å². The topological polar surface area (TPSA) is 66.4 Å². The number of benzene rings is 2. The highest BCUT2D eigenvalue weighted by Gasteiger charge is 2.28. The first-order chi connectivity index (χ1) is 10.6. The fourth-order valence-electron chi connectivity index (χ4n) is 2.40. The number of nitrogens with one attached hydrogen (secondary N) is 1. The summed E-state index contributed by atoms with van der Waals surface area (Å²) in [5, 5.41) is 12.2.